The number of hydrogen-bond acceptors (Lipinski definition) is 3. The number of thioether (sulfide) groups is 1. The van der Waals surface area contributed by atoms with Crippen molar-refractivity contribution in [1.29, 1.82) is 0 Å². The Morgan fingerprint density at radius 2 is 2.35 bits per heavy atom. The molecule has 0 aliphatic carbocycles. The minimum atomic E-state index is -0.0977. The molecule has 5 heteroatoms. The summed E-state index contributed by atoms with van der Waals surface area (Å²) >= 11 is 8.39. The molecular formula is C15H20ClN3S. The van der Waals surface area contributed by atoms with Gasteiger partial charge >= 0.3 is 0 Å². The van der Waals surface area contributed by atoms with Crippen molar-refractivity contribution in [2.45, 2.75) is 50.3 Å². The molecule has 2 unspecified atom stereocenters. The number of pyridine rings is 1. The van der Waals surface area contributed by atoms with Crippen LogP contribution < -0.4 is 0 Å². The molecule has 3 rings (SSSR count). The van der Waals surface area contributed by atoms with Crippen molar-refractivity contribution in [2.24, 2.45) is 0 Å². The minimum absolute atomic E-state index is 0.0977. The van der Waals surface area contributed by atoms with E-state index in [0.29, 0.717) is 0 Å². The third-order valence-corrected chi connectivity index (χ3v) is 5.62. The number of hydrogen-bond donors (Lipinski definition) is 0. The number of halogens is 1. The van der Waals surface area contributed by atoms with Gasteiger partial charge in [-0.15, -0.1) is 11.6 Å². The Morgan fingerprint density at radius 3 is 3.00 bits per heavy atom. The maximum Gasteiger partial charge on any atom is 0.160 e. The summed E-state index contributed by atoms with van der Waals surface area (Å²) in [4.78, 5) is 9.29. The first kappa shape index (κ1) is 14.2. The summed E-state index contributed by atoms with van der Waals surface area (Å²) in [5, 5.41) is -0.0977. The average molecular weight is 310 g/mol. The zero-order chi connectivity index (χ0) is 14.3. The fourth-order valence-corrected chi connectivity index (χ4v) is 4.34. The Morgan fingerprint density at radius 1 is 1.55 bits per heavy atom. The van der Waals surface area contributed by atoms with E-state index >= 15 is 0 Å². The molecule has 1 aliphatic rings. The van der Waals surface area contributed by atoms with E-state index in [1.165, 1.54) is 18.6 Å². The maximum absolute atomic E-state index is 6.33. The Hall–Kier alpha value is -0.740. The minimum Gasteiger partial charge on any atom is -0.310 e. The van der Waals surface area contributed by atoms with Gasteiger partial charge in [0.25, 0.3) is 0 Å². The summed E-state index contributed by atoms with van der Waals surface area (Å²) in [7, 11) is 0. The van der Waals surface area contributed by atoms with E-state index in [9.17, 15) is 0 Å². The second kappa shape index (κ2) is 5.23. The number of rotatable bonds is 3. The molecule has 3 nitrogen and oxygen atoms in total. The second-order valence-electron chi connectivity index (χ2n) is 5.93. The van der Waals surface area contributed by atoms with Gasteiger partial charge in [-0.2, -0.15) is 11.8 Å². The van der Waals surface area contributed by atoms with E-state index in [4.69, 9.17) is 16.6 Å². The lowest BCUT2D eigenvalue weighted by Crippen LogP contribution is -2.25. The van der Waals surface area contributed by atoms with Crippen LogP contribution in [0, 0.1) is 6.92 Å². The van der Waals surface area contributed by atoms with Gasteiger partial charge in [0, 0.05) is 17.5 Å². The van der Waals surface area contributed by atoms with Crippen molar-refractivity contribution in [2.75, 3.05) is 5.75 Å². The van der Waals surface area contributed by atoms with Gasteiger partial charge in [0.1, 0.15) is 11.3 Å². The normalized spacial score (nSPS) is 24.4. The molecule has 0 radical (unpaired) electrons. The molecule has 2 aromatic heterocycles. The predicted octanol–water partition coefficient (Wildman–Crippen LogP) is 4.33. The molecule has 2 aromatic rings. The molecule has 1 aliphatic heterocycles. The van der Waals surface area contributed by atoms with Crippen molar-refractivity contribution in [3.05, 3.63) is 23.7 Å². The van der Waals surface area contributed by atoms with Gasteiger partial charge in [0.2, 0.25) is 0 Å². The van der Waals surface area contributed by atoms with Crippen LogP contribution in [0.5, 0.6) is 0 Å². The SMILES string of the molecule is Cc1cnc2c(c1)nc(C(C)Cl)n2CC1(C)CCCS1. The fourth-order valence-electron chi connectivity index (χ4n) is 2.88. The molecule has 0 amide bonds. The lowest BCUT2D eigenvalue weighted by atomic mass is 10.1. The fraction of sp³-hybridized carbons (Fsp3) is 0.600. The average Bonchev–Trinajstić information content (AvgIpc) is 2.94. The monoisotopic (exact) mass is 309 g/mol. The smallest absolute Gasteiger partial charge is 0.160 e. The number of alkyl halides is 1. The van der Waals surface area contributed by atoms with Gasteiger partial charge in [-0.25, -0.2) is 9.97 Å². The molecule has 108 valence electrons. The van der Waals surface area contributed by atoms with Gasteiger partial charge in [-0.05, 0) is 51.0 Å². The Bertz CT molecular complexity index is 629. The predicted molar refractivity (Wildman–Crippen MR) is 86.6 cm³/mol. The third-order valence-electron chi connectivity index (χ3n) is 3.90. The Labute approximate surface area is 129 Å². The highest BCUT2D eigenvalue weighted by Gasteiger charge is 2.32. The Balaban J connectivity index is 2.09. The number of aryl methyl sites for hydroxylation is 1. The molecule has 20 heavy (non-hydrogen) atoms. The second-order valence-corrected chi connectivity index (χ2v) is 8.27. The molecule has 1 saturated heterocycles. The van der Waals surface area contributed by atoms with Crippen molar-refractivity contribution < 1.29 is 0 Å². The van der Waals surface area contributed by atoms with Crippen LogP contribution in [0.1, 0.15) is 43.5 Å². The summed E-state index contributed by atoms with van der Waals surface area (Å²) in [5.41, 5.74) is 3.06. The first-order valence-electron chi connectivity index (χ1n) is 7.09. The van der Waals surface area contributed by atoms with E-state index in [0.717, 1.165) is 29.1 Å². The number of aromatic nitrogens is 3. The quantitative estimate of drug-likeness (QED) is 0.791. The Kier molecular flexibility index (Phi) is 3.71. The molecule has 2 atom stereocenters. The highest BCUT2D eigenvalue weighted by molar-refractivity contribution is 8.00. The van der Waals surface area contributed by atoms with Crippen LogP contribution in [0.3, 0.4) is 0 Å². The number of nitrogens with zero attached hydrogens (tertiary/aromatic N) is 3. The van der Waals surface area contributed by atoms with E-state index in [1.807, 2.05) is 20.0 Å². The van der Waals surface area contributed by atoms with Crippen molar-refractivity contribution in [1.82, 2.24) is 14.5 Å². The van der Waals surface area contributed by atoms with Crippen LogP contribution in [0.15, 0.2) is 12.3 Å². The first-order chi connectivity index (χ1) is 9.48. The standard InChI is InChI=1S/C15H20ClN3S/c1-10-7-12-14(17-8-10)19(13(18-12)11(2)16)9-15(3)5-4-6-20-15/h7-8,11H,4-6,9H2,1-3H3. The lowest BCUT2D eigenvalue weighted by Gasteiger charge is -2.24. The number of fused-ring (bicyclic) bond motifs is 1. The summed E-state index contributed by atoms with van der Waals surface area (Å²) in [6.45, 7) is 7.31. The number of imidazole rings is 1. The lowest BCUT2D eigenvalue weighted by molar-refractivity contribution is 0.504. The first-order valence-corrected chi connectivity index (χ1v) is 8.51. The molecule has 0 N–H and O–H groups in total. The summed E-state index contributed by atoms with van der Waals surface area (Å²) < 4.78 is 2.51. The highest BCUT2D eigenvalue weighted by Crippen LogP contribution is 2.40. The van der Waals surface area contributed by atoms with Crippen LogP contribution in [0.2, 0.25) is 0 Å². The van der Waals surface area contributed by atoms with E-state index in [1.54, 1.807) is 0 Å². The van der Waals surface area contributed by atoms with Crippen molar-refractivity contribution in [3.8, 4) is 0 Å². The van der Waals surface area contributed by atoms with Crippen LogP contribution in [0.25, 0.3) is 11.2 Å². The van der Waals surface area contributed by atoms with Gasteiger partial charge in [0.05, 0.1) is 5.38 Å². The largest absolute Gasteiger partial charge is 0.310 e. The maximum atomic E-state index is 6.33. The summed E-state index contributed by atoms with van der Waals surface area (Å²) in [6, 6.07) is 2.09. The van der Waals surface area contributed by atoms with Crippen LogP contribution in [0.4, 0.5) is 0 Å². The van der Waals surface area contributed by atoms with Gasteiger partial charge < -0.3 is 4.57 Å². The van der Waals surface area contributed by atoms with Gasteiger partial charge in [0.15, 0.2) is 5.65 Å². The molecule has 0 saturated carbocycles. The van der Waals surface area contributed by atoms with Gasteiger partial charge in [-0.3, -0.25) is 0 Å². The molecule has 0 spiro atoms. The van der Waals surface area contributed by atoms with E-state index in [2.05, 4.69) is 34.3 Å². The molecule has 0 bridgehead atoms. The zero-order valence-corrected chi connectivity index (χ0v) is 13.8. The molecule has 1 fully saturated rings. The zero-order valence-electron chi connectivity index (χ0n) is 12.2. The van der Waals surface area contributed by atoms with E-state index < -0.39 is 0 Å². The summed E-state index contributed by atoms with van der Waals surface area (Å²) in [6.07, 6.45) is 4.46. The van der Waals surface area contributed by atoms with E-state index in [-0.39, 0.29) is 10.1 Å². The third kappa shape index (κ3) is 2.56. The molecular weight excluding hydrogens is 290 g/mol. The highest BCUT2D eigenvalue weighted by atomic mass is 35.5. The van der Waals surface area contributed by atoms with Crippen molar-refractivity contribution >= 4 is 34.5 Å². The van der Waals surface area contributed by atoms with Crippen molar-refractivity contribution in [3.63, 3.8) is 0 Å². The van der Waals surface area contributed by atoms with Crippen LogP contribution >= 0.6 is 23.4 Å². The summed E-state index contributed by atoms with van der Waals surface area (Å²) in [5.74, 6) is 2.19. The van der Waals surface area contributed by atoms with Crippen LogP contribution in [-0.4, -0.2) is 25.0 Å². The van der Waals surface area contributed by atoms with Crippen LogP contribution in [-0.2, 0) is 6.54 Å². The van der Waals surface area contributed by atoms with Gasteiger partial charge in [-0.1, -0.05) is 0 Å². The topological polar surface area (TPSA) is 30.7 Å². The molecule has 0 aromatic carbocycles. The molecule has 3 heterocycles.